The SMILES string of the molecule is CC(C)C[C@H](C)Nc1c(F)c(F)nc(NCc2ccccc2)c1F.NS(=O)(=O)c1ccccc1-c1ccc(NC(=O)O)cc1. The van der Waals surface area contributed by atoms with Gasteiger partial charge >= 0.3 is 6.09 Å². The van der Waals surface area contributed by atoms with Crippen LogP contribution in [0.5, 0.6) is 0 Å². The highest BCUT2D eigenvalue weighted by atomic mass is 32.2. The highest BCUT2D eigenvalue weighted by molar-refractivity contribution is 7.89. The molecule has 0 unspecified atom stereocenters. The minimum Gasteiger partial charge on any atom is -0.465 e. The molecule has 0 bridgehead atoms. The largest absolute Gasteiger partial charge is 0.465 e. The van der Waals surface area contributed by atoms with Crippen LogP contribution in [0.3, 0.4) is 0 Å². The summed E-state index contributed by atoms with van der Waals surface area (Å²) in [6.07, 6.45) is -0.460. The topological polar surface area (TPSA) is 146 Å². The van der Waals surface area contributed by atoms with Crippen molar-refractivity contribution in [1.82, 2.24) is 4.98 Å². The fraction of sp³-hybridized carbons (Fsp3) is 0.226. The third-order valence-electron chi connectivity index (χ3n) is 6.20. The molecule has 1 heterocycles. The Bertz CT molecular complexity index is 1670. The van der Waals surface area contributed by atoms with Gasteiger partial charge in [0.25, 0.3) is 5.95 Å². The number of carboxylic acid groups (broad SMARTS) is 1. The summed E-state index contributed by atoms with van der Waals surface area (Å²) in [5.74, 6) is -3.50. The Morgan fingerprint density at radius 1 is 0.909 bits per heavy atom. The zero-order valence-corrected chi connectivity index (χ0v) is 25.1. The van der Waals surface area contributed by atoms with Crippen molar-refractivity contribution >= 4 is 33.3 Å². The van der Waals surface area contributed by atoms with Crippen LogP contribution in [0.2, 0.25) is 0 Å². The molecule has 13 heteroatoms. The number of sulfonamides is 1. The summed E-state index contributed by atoms with van der Waals surface area (Å²) < 4.78 is 65.2. The fourth-order valence-corrected chi connectivity index (χ4v) is 5.12. The van der Waals surface area contributed by atoms with Crippen LogP contribution < -0.4 is 21.1 Å². The molecule has 1 aromatic heterocycles. The number of aromatic nitrogens is 1. The van der Waals surface area contributed by atoms with Gasteiger partial charge in [0.1, 0.15) is 5.69 Å². The average molecular weight is 630 g/mol. The number of amides is 1. The normalized spacial score (nSPS) is 11.7. The number of nitrogens with zero attached hydrogens (tertiary/aromatic N) is 1. The lowest BCUT2D eigenvalue weighted by Gasteiger charge is -2.19. The Kier molecular flexibility index (Phi) is 11.7. The van der Waals surface area contributed by atoms with Gasteiger partial charge in [0.05, 0.1) is 4.90 Å². The highest BCUT2D eigenvalue weighted by Gasteiger charge is 2.22. The van der Waals surface area contributed by atoms with Crippen molar-refractivity contribution in [3.05, 3.63) is 102 Å². The van der Waals surface area contributed by atoms with Crippen molar-refractivity contribution < 1.29 is 31.5 Å². The van der Waals surface area contributed by atoms with Crippen LogP contribution >= 0.6 is 0 Å². The monoisotopic (exact) mass is 629 g/mol. The van der Waals surface area contributed by atoms with Crippen LogP contribution in [0, 0.1) is 23.5 Å². The molecule has 0 aliphatic carbocycles. The van der Waals surface area contributed by atoms with Crippen LogP contribution in [0.15, 0.2) is 83.8 Å². The number of primary sulfonamides is 1. The predicted octanol–water partition coefficient (Wildman–Crippen LogP) is 7.05. The third kappa shape index (κ3) is 9.71. The molecule has 0 aliphatic heterocycles. The lowest BCUT2D eigenvalue weighted by Crippen LogP contribution is -2.21. The molecule has 0 radical (unpaired) electrons. The van der Waals surface area contributed by atoms with Gasteiger partial charge in [-0.2, -0.15) is 13.8 Å². The van der Waals surface area contributed by atoms with E-state index in [-0.39, 0.29) is 23.3 Å². The Morgan fingerprint density at radius 2 is 1.52 bits per heavy atom. The number of hydrogen-bond acceptors (Lipinski definition) is 6. The van der Waals surface area contributed by atoms with Gasteiger partial charge in [-0.1, -0.05) is 74.5 Å². The van der Waals surface area contributed by atoms with Gasteiger partial charge in [-0.25, -0.2) is 22.7 Å². The summed E-state index contributed by atoms with van der Waals surface area (Å²) in [6.45, 7) is 6.07. The molecule has 234 valence electrons. The third-order valence-corrected chi connectivity index (χ3v) is 7.17. The van der Waals surface area contributed by atoms with E-state index in [4.69, 9.17) is 10.2 Å². The number of nitrogens with two attached hydrogens (primary N) is 1. The van der Waals surface area contributed by atoms with Gasteiger partial charge in [0.15, 0.2) is 11.6 Å². The molecule has 44 heavy (non-hydrogen) atoms. The molecule has 0 fully saturated rings. The quantitative estimate of drug-likeness (QED) is 0.118. The van der Waals surface area contributed by atoms with E-state index in [0.717, 1.165) is 5.56 Å². The molecule has 1 amide bonds. The molecule has 0 spiro atoms. The number of rotatable bonds is 10. The number of halogens is 3. The van der Waals surface area contributed by atoms with Gasteiger partial charge < -0.3 is 15.7 Å². The van der Waals surface area contributed by atoms with E-state index in [1.807, 2.05) is 44.2 Å². The predicted molar refractivity (Wildman–Crippen MR) is 165 cm³/mol. The van der Waals surface area contributed by atoms with E-state index in [2.05, 4.69) is 20.9 Å². The number of anilines is 3. The Labute approximate surface area is 254 Å². The molecule has 0 aliphatic rings. The van der Waals surface area contributed by atoms with Crippen molar-refractivity contribution in [2.24, 2.45) is 11.1 Å². The summed E-state index contributed by atoms with van der Waals surface area (Å²) in [5, 5.41) is 21.4. The van der Waals surface area contributed by atoms with Crippen LogP contribution in [-0.2, 0) is 16.6 Å². The summed E-state index contributed by atoms with van der Waals surface area (Å²) in [7, 11) is -3.82. The van der Waals surface area contributed by atoms with Crippen molar-refractivity contribution in [2.45, 2.75) is 44.7 Å². The van der Waals surface area contributed by atoms with E-state index in [0.29, 0.717) is 29.2 Å². The number of benzene rings is 3. The first kappa shape index (κ1) is 33.9. The van der Waals surface area contributed by atoms with Gasteiger partial charge in [-0.05, 0) is 48.6 Å². The van der Waals surface area contributed by atoms with Crippen LogP contribution in [0.1, 0.15) is 32.8 Å². The summed E-state index contributed by atoms with van der Waals surface area (Å²) in [4.78, 5) is 13.9. The molecular formula is C31H34F3N5O4S. The maximum atomic E-state index is 14.5. The zero-order valence-electron chi connectivity index (χ0n) is 24.3. The summed E-state index contributed by atoms with van der Waals surface area (Å²) >= 11 is 0. The molecule has 1 atom stereocenters. The second kappa shape index (κ2) is 15.2. The number of nitrogens with one attached hydrogen (secondary N) is 3. The minimum absolute atomic E-state index is 0.0268. The first-order valence-corrected chi connectivity index (χ1v) is 15.1. The van der Waals surface area contributed by atoms with E-state index in [1.54, 1.807) is 49.4 Å². The number of hydrogen-bond donors (Lipinski definition) is 5. The standard InChI is InChI=1S/C18H22F3N3.C13H12N2O4S/c1-11(2)9-12(3)23-16-14(19)17(21)24-18(15(16)20)22-10-13-7-5-4-6-8-13;14-20(18,19)12-4-2-1-3-11(12)9-5-7-10(8-6-9)15-13(16)17/h4-8,11-12H,9-10H2,1-3H3,(H2,22,23,24);1-8,15H,(H,16,17)(H2,14,18,19)/t12-;/m0./s1. The van der Waals surface area contributed by atoms with Crippen molar-refractivity contribution in [3.8, 4) is 11.1 Å². The van der Waals surface area contributed by atoms with Crippen molar-refractivity contribution in [2.75, 3.05) is 16.0 Å². The molecule has 0 saturated heterocycles. The lowest BCUT2D eigenvalue weighted by atomic mass is 10.1. The van der Waals surface area contributed by atoms with E-state index in [9.17, 15) is 26.4 Å². The average Bonchev–Trinajstić information content (AvgIpc) is 2.97. The summed E-state index contributed by atoms with van der Waals surface area (Å²) in [5.41, 5.74) is 1.90. The van der Waals surface area contributed by atoms with Crippen molar-refractivity contribution in [3.63, 3.8) is 0 Å². The lowest BCUT2D eigenvalue weighted by molar-refractivity contribution is 0.209. The second-order valence-electron chi connectivity index (χ2n) is 10.3. The maximum Gasteiger partial charge on any atom is 0.409 e. The first-order valence-electron chi connectivity index (χ1n) is 13.6. The summed E-state index contributed by atoms with van der Waals surface area (Å²) in [6, 6.07) is 21.7. The zero-order chi connectivity index (χ0) is 32.4. The Hall–Kier alpha value is -4.62. The van der Waals surface area contributed by atoms with Gasteiger partial charge in [-0.15, -0.1) is 0 Å². The molecule has 4 aromatic rings. The number of carbonyl (C=O) groups is 1. The van der Waals surface area contributed by atoms with Gasteiger partial charge in [-0.3, -0.25) is 5.32 Å². The second-order valence-corrected chi connectivity index (χ2v) is 11.8. The molecule has 3 aromatic carbocycles. The van der Waals surface area contributed by atoms with Gasteiger partial charge in [0.2, 0.25) is 15.8 Å². The molecular weight excluding hydrogens is 595 g/mol. The Morgan fingerprint density at radius 3 is 2.11 bits per heavy atom. The number of pyridine rings is 1. The van der Waals surface area contributed by atoms with Crippen LogP contribution in [-0.4, -0.2) is 30.6 Å². The van der Waals surface area contributed by atoms with Crippen LogP contribution in [0.4, 0.5) is 35.2 Å². The molecule has 9 nitrogen and oxygen atoms in total. The van der Waals surface area contributed by atoms with Gasteiger partial charge in [0, 0.05) is 23.8 Å². The van der Waals surface area contributed by atoms with E-state index >= 15 is 0 Å². The van der Waals surface area contributed by atoms with E-state index < -0.39 is 39.4 Å². The highest BCUT2D eigenvalue weighted by Crippen LogP contribution is 2.29. The molecule has 6 N–H and O–H groups in total. The molecule has 4 rings (SSSR count). The maximum absolute atomic E-state index is 14.5. The molecule has 0 saturated carbocycles. The van der Waals surface area contributed by atoms with E-state index in [1.165, 1.54) is 6.07 Å². The van der Waals surface area contributed by atoms with Crippen molar-refractivity contribution in [1.29, 1.82) is 0 Å². The fourth-order valence-electron chi connectivity index (χ4n) is 4.36. The smallest absolute Gasteiger partial charge is 0.409 e. The Balaban J connectivity index is 0.000000244. The van der Waals surface area contributed by atoms with Crippen LogP contribution in [0.25, 0.3) is 11.1 Å². The first-order chi connectivity index (χ1) is 20.8. The minimum atomic E-state index is -3.82.